The molecule has 1 fully saturated rings. The van der Waals surface area contributed by atoms with Crippen LogP contribution in [0.15, 0.2) is 23.2 Å². The molecule has 1 aromatic rings. The van der Waals surface area contributed by atoms with Gasteiger partial charge >= 0.3 is 0 Å². The highest BCUT2D eigenvalue weighted by Gasteiger charge is 2.11. The van der Waals surface area contributed by atoms with Crippen molar-refractivity contribution in [3.8, 4) is 5.75 Å². The monoisotopic (exact) mass is 397 g/mol. The number of hydrogen-bond donors (Lipinski definition) is 2. The van der Waals surface area contributed by atoms with E-state index in [4.69, 9.17) is 10.8 Å². The molecule has 106 valence electrons. The lowest BCUT2D eigenvalue weighted by molar-refractivity contribution is 0.431. The number of phenolic OH excluding ortho intramolecular Hbond substituents is 1. The zero-order valence-electron chi connectivity index (χ0n) is 10.4. The number of hydrogen-bond acceptors (Lipinski definition) is 3. The van der Waals surface area contributed by atoms with Crippen LogP contribution in [0.2, 0.25) is 0 Å². The third-order valence-corrected chi connectivity index (χ3v) is 3.71. The maximum absolute atomic E-state index is 13.1. The summed E-state index contributed by atoms with van der Waals surface area (Å²) in [6.45, 7) is 2.14. The minimum atomic E-state index is -0.629. The number of halogens is 2. The first kappa shape index (κ1) is 16.4. The van der Waals surface area contributed by atoms with E-state index in [1.54, 1.807) is 6.07 Å². The van der Waals surface area contributed by atoms with Crippen molar-refractivity contribution in [1.82, 2.24) is 4.90 Å². The lowest BCUT2D eigenvalue weighted by Gasteiger charge is -2.27. The van der Waals surface area contributed by atoms with Crippen LogP contribution in [0.3, 0.4) is 0 Å². The quantitative estimate of drug-likeness (QED) is 0.456. The minimum Gasteiger partial charge on any atom is -0.505 e. The van der Waals surface area contributed by atoms with E-state index in [0.29, 0.717) is 18.1 Å². The van der Waals surface area contributed by atoms with Gasteiger partial charge in [0.05, 0.1) is 6.54 Å². The van der Waals surface area contributed by atoms with Gasteiger partial charge in [-0.3, -0.25) is 0 Å². The molecule has 1 aliphatic rings. The highest BCUT2D eigenvalue weighted by Crippen LogP contribution is 2.16. The molecule has 1 saturated heterocycles. The fourth-order valence-corrected chi connectivity index (χ4v) is 2.62. The van der Waals surface area contributed by atoms with Crippen molar-refractivity contribution in [2.75, 3.05) is 24.6 Å². The molecule has 0 aliphatic carbocycles. The molecule has 0 atom stereocenters. The van der Waals surface area contributed by atoms with E-state index in [2.05, 4.69) is 4.99 Å². The average Bonchev–Trinajstić information content (AvgIpc) is 2.41. The Morgan fingerprint density at radius 3 is 2.74 bits per heavy atom. The Hall–Kier alpha value is -0.700. The molecule has 19 heavy (non-hydrogen) atoms. The van der Waals surface area contributed by atoms with E-state index in [-0.39, 0.29) is 29.7 Å². The number of aromatic hydroxyl groups is 1. The molecule has 0 aromatic heterocycles. The summed E-state index contributed by atoms with van der Waals surface area (Å²) < 4.78 is 13.1. The van der Waals surface area contributed by atoms with Gasteiger partial charge in [-0.2, -0.15) is 11.8 Å². The molecule has 1 aliphatic heterocycles. The molecular formula is C12H17FIN3OS. The van der Waals surface area contributed by atoms with Crippen LogP contribution in [-0.2, 0) is 6.54 Å². The summed E-state index contributed by atoms with van der Waals surface area (Å²) in [7, 11) is 0. The first-order valence-electron chi connectivity index (χ1n) is 5.77. The van der Waals surface area contributed by atoms with Crippen LogP contribution in [0.1, 0.15) is 5.56 Å². The molecule has 0 bridgehead atoms. The molecule has 3 N–H and O–H groups in total. The smallest absolute Gasteiger partial charge is 0.191 e. The van der Waals surface area contributed by atoms with E-state index in [1.807, 2.05) is 16.7 Å². The van der Waals surface area contributed by atoms with Crippen molar-refractivity contribution in [3.63, 3.8) is 0 Å². The number of nitrogens with two attached hydrogens (primary N) is 1. The largest absolute Gasteiger partial charge is 0.505 e. The second-order valence-corrected chi connectivity index (χ2v) is 5.28. The number of guanidine groups is 1. The Kier molecular flexibility index (Phi) is 6.70. The Balaban J connectivity index is 0.00000180. The van der Waals surface area contributed by atoms with Crippen molar-refractivity contribution in [2.45, 2.75) is 6.54 Å². The Labute approximate surface area is 133 Å². The molecule has 7 heteroatoms. The number of rotatable bonds is 2. The lowest BCUT2D eigenvalue weighted by Crippen LogP contribution is -2.42. The predicted molar refractivity (Wildman–Crippen MR) is 87.7 cm³/mol. The second-order valence-electron chi connectivity index (χ2n) is 4.06. The van der Waals surface area contributed by atoms with Crippen molar-refractivity contribution >= 4 is 41.7 Å². The zero-order valence-corrected chi connectivity index (χ0v) is 13.5. The van der Waals surface area contributed by atoms with Crippen LogP contribution in [0.25, 0.3) is 0 Å². The molecule has 1 heterocycles. The van der Waals surface area contributed by atoms with Crippen molar-refractivity contribution in [1.29, 1.82) is 0 Å². The molecule has 1 aromatic carbocycles. The van der Waals surface area contributed by atoms with Crippen molar-refractivity contribution in [3.05, 3.63) is 29.6 Å². The van der Waals surface area contributed by atoms with Gasteiger partial charge in [0.15, 0.2) is 17.5 Å². The van der Waals surface area contributed by atoms with Gasteiger partial charge in [-0.15, -0.1) is 24.0 Å². The van der Waals surface area contributed by atoms with Gasteiger partial charge in [0, 0.05) is 24.6 Å². The highest BCUT2D eigenvalue weighted by atomic mass is 127. The summed E-state index contributed by atoms with van der Waals surface area (Å²) in [4.78, 5) is 6.29. The summed E-state index contributed by atoms with van der Waals surface area (Å²) in [6.07, 6.45) is 0. The van der Waals surface area contributed by atoms with Crippen molar-refractivity contribution < 1.29 is 9.50 Å². The summed E-state index contributed by atoms with van der Waals surface area (Å²) in [6, 6.07) is 4.24. The molecule has 0 saturated carbocycles. The SMILES string of the molecule is I.NC(=NCc1ccc(O)c(F)c1)N1CCSCC1. The molecule has 0 radical (unpaired) electrons. The molecule has 0 amide bonds. The van der Waals surface area contributed by atoms with E-state index in [1.165, 1.54) is 12.1 Å². The molecule has 0 unspecified atom stereocenters. The van der Waals surface area contributed by atoms with Crippen LogP contribution >= 0.6 is 35.7 Å². The highest BCUT2D eigenvalue weighted by molar-refractivity contribution is 14.0. The van der Waals surface area contributed by atoms with E-state index in [9.17, 15) is 4.39 Å². The minimum absolute atomic E-state index is 0. The topological polar surface area (TPSA) is 61.9 Å². The Morgan fingerprint density at radius 1 is 1.42 bits per heavy atom. The third kappa shape index (κ3) is 4.72. The van der Waals surface area contributed by atoms with Gasteiger partial charge in [0.2, 0.25) is 0 Å². The van der Waals surface area contributed by atoms with E-state index in [0.717, 1.165) is 24.6 Å². The molecular weight excluding hydrogens is 380 g/mol. The van der Waals surface area contributed by atoms with Gasteiger partial charge in [-0.1, -0.05) is 6.07 Å². The summed E-state index contributed by atoms with van der Waals surface area (Å²) >= 11 is 1.90. The van der Waals surface area contributed by atoms with Crippen LogP contribution in [-0.4, -0.2) is 40.6 Å². The normalized spacial score (nSPS) is 16.1. The zero-order chi connectivity index (χ0) is 13.0. The van der Waals surface area contributed by atoms with Crippen molar-refractivity contribution in [2.24, 2.45) is 10.7 Å². The first-order valence-corrected chi connectivity index (χ1v) is 6.92. The van der Waals surface area contributed by atoms with Crippen LogP contribution < -0.4 is 5.73 Å². The van der Waals surface area contributed by atoms with Gasteiger partial charge in [0.1, 0.15) is 0 Å². The van der Waals surface area contributed by atoms with Gasteiger partial charge in [-0.25, -0.2) is 9.38 Å². The number of benzene rings is 1. The number of thioether (sulfide) groups is 1. The Bertz CT molecular complexity index is 453. The summed E-state index contributed by atoms with van der Waals surface area (Å²) in [5.74, 6) is 1.65. The lowest BCUT2D eigenvalue weighted by atomic mass is 10.2. The predicted octanol–water partition coefficient (Wildman–Crippen LogP) is 2.01. The summed E-state index contributed by atoms with van der Waals surface area (Å²) in [5.41, 5.74) is 6.58. The number of phenols is 1. The molecule has 4 nitrogen and oxygen atoms in total. The maximum atomic E-state index is 13.1. The van der Waals surface area contributed by atoms with Gasteiger partial charge in [0.25, 0.3) is 0 Å². The standard InChI is InChI=1S/C12H16FN3OS.HI/c13-10-7-9(1-2-11(10)17)8-15-12(14)16-3-5-18-6-4-16;/h1-2,7,17H,3-6,8H2,(H2,14,15);1H. The molecule has 2 rings (SSSR count). The average molecular weight is 397 g/mol. The van der Waals surface area contributed by atoms with Gasteiger partial charge < -0.3 is 15.7 Å². The van der Waals surface area contributed by atoms with Crippen LogP contribution in [0.5, 0.6) is 5.75 Å². The second kappa shape index (κ2) is 7.78. The number of nitrogens with zero attached hydrogens (tertiary/aromatic N) is 2. The first-order chi connectivity index (χ1) is 8.66. The van der Waals surface area contributed by atoms with Gasteiger partial charge in [-0.05, 0) is 17.7 Å². The molecule has 0 spiro atoms. The fourth-order valence-electron chi connectivity index (χ4n) is 1.71. The Morgan fingerprint density at radius 2 is 2.11 bits per heavy atom. The van der Waals surface area contributed by atoms with E-state index >= 15 is 0 Å². The van der Waals surface area contributed by atoms with Crippen LogP contribution in [0.4, 0.5) is 4.39 Å². The number of aliphatic imine (C=N–C) groups is 1. The fraction of sp³-hybridized carbons (Fsp3) is 0.417. The van der Waals surface area contributed by atoms with E-state index < -0.39 is 5.82 Å². The third-order valence-electron chi connectivity index (χ3n) is 2.77. The maximum Gasteiger partial charge on any atom is 0.191 e. The van der Waals surface area contributed by atoms with Crippen LogP contribution in [0, 0.1) is 5.82 Å². The summed E-state index contributed by atoms with van der Waals surface area (Å²) in [5, 5.41) is 9.08.